The van der Waals surface area contributed by atoms with E-state index in [1.54, 1.807) is 30.3 Å². The summed E-state index contributed by atoms with van der Waals surface area (Å²) in [5, 5.41) is 14.4. The minimum atomic E-state index is -0.436. The van der Waals surface area contributed by atoms with Gasteiger partial charge in [-0.1, -0.05) is 42.5 Å². The number of hydrogen-bond donors (Lipinski definition) is 3. The van der Waals surface area contributed by atoms with Crippen molar-refractivity contribution in [2.45, 2.75) is 6.92 Å². The number of allylic oxidation sites excluding steroid dienone is 2. The third-order valence-electron chi connectivity index (χ3n) is 3.87. The molecule has 0 bridgehead atoms. The van der Waals surface area contributed by atoms with E-state index in [1.807, 2.05) is 37.3 Å². The van der Waals surface area contributed by atoms with Gasteiger partial charge in [-0.2, -0.15) is 0 Å². The number of anilines is 2. The maximum absolute atomic E-state index is 12.6. The van der Waals surface area contributed by atoms with Gasteiger partial charge >= 0.3 is 0 Å². The van der Waals surface area contributed by atoms with E-state index in [1.165, 1.54) is 7.11 Å². The molecule has 0 aromatic heterocycles. The quantitative estimate of drug-likeness (QED) is 0.242. The minimum absolute atomic E-state index is 0.102. The van der Waals surface area contributed by atoms with Gasteiger partial charge in [0.15, 0.2) is 0 Å². The largest absolute Gasteiger partial charge is 0.495 e. The monoisotopic (exact) mass is 395 g/mol. The molecule has 144 valence electrons. The third kappa shape index (κ3) is 5.34. The zero-order valence-corrected chi connectivity index (χ0v) is 16.5. The lowest BCUT2D eigenvalue weighted by Crippen LogP contribution is -2.18. The molecule has 2 aromatic rings. The molecular weight excluding hydrogens is 374 g/mol. The number of methoxy groups -OCH3 is 1. The summed E-state index contributed by atoms with van der Waals surface area (Å²) in [4.78, 5) is 12.6. The van der Waals surface area contributed by atoms with Crippen LogP contribution in [0.4, 0.5) is 11.4 Å². The van der Waals surface area contributed by atoms with Crippen LogP contribution in [-0.4, -0.2) is 19.2 Å². The molecule has 0 saturated heterocycles. The fourth-order valence-electron chi connectivity index (χ4n) is 2.48. The van der Waals surface area contributed by atoms with Crippen LogP contribution in [0.25, 0.3) is 0 Å². The Kier molecular flexibility index (Phi) is 7.60. The predicted octanol–water partition coefficient (Wildman–Crippen LogP) is 5.40. The molecule has 28 heavy (non-hydrogen) atoms. The van der Waals surface area contributed by atoms with Crippen LogP contribution in [-0.2, 0) is 9.53 Å². The van der Waals surface area contributed by atoms with Gasteiger partial charge in [0.25, 0.3) is 5.91 Å². The van der Waals surface area contributed by atoms with Crippen molar-refractivity contribution >= 4 is 35.1 Å². The van der Waals surface area contributed by atoms with Crippen LogP contribution in [0.5, 0.6) is 0 Å². The topological polar surface area (TPSA) is 74.2 Å². The Morgan fingerprint density at radius 2 is 1.68 bits per heavy atom. The van der Waals surface area contributed by atoms with E-state index in [-0.39, 0.29) is 11.3 Å². The van der Waals surface area contributed by atoms with Gasteiger partial charge < -0.3 is 20.8 Å². The number of para-hydroxylation sites is 1. The van der Waals surface area contributed by atoms with Crippen LogP contribution in [0.1, 0.15) is 6.92 Å². The first-order valence-corrected chi connectivity index (χ1v) is 8.91. The smallest absolute Gasteiger partial charge is 0.258 e. The number of benzene rings is 2. The van der Waals surface area contributed by atoms with Crippen LogP contribution < -0.4 is 10.6 Å². The molecule has 0 spiro atoms. The molecule has 3 N–H and O–H groups in total. The molecule has 0 unspecified atom stereocenters. The molecule has 2 rings (SSSR count). The average Bonchev–Trinajstić information content (AvgIpc) is 2.72. The SMILES string of the molecule is C=C(C(=O)Nc1ccc(Cl)cc1)/C(OC)=C(C=N)\C(=C/C)Nc1ccccc1. The molecule has 5 nitrogen and oxygen atoms in total. The van der Waals surface area contributed by atoms with Crippen molar-refractivity contribution in [1.29, 1.82) is 5.41 Å². The van der Waals surface area contributed by atoms with Crippen molar-refractivity contribution < 1.29 is 9.53 Å². The number of carbonyl (C=O) groups is 1. The highest BCUT2D eigenvalue weighted by molar-refractivity contribution is 6.30. The maximum atomic E-state index is 12.6. The number of ether oxygens (including phenoxy) is 1. The third-order valence-corrected chi connectivity index (χ3v) is 4.13. The van der Waals surface area contributed by atoms with Gasteiger partial charge in [-0.05, 0) is 43.3 Å². The Labute approximate surface area is 169 Å². The fraction of sp³-hybridized carbons (Fsp3) is 0.0909. The number of halogens is 1. The summed E-state index contributed by atoms with van der Waals surface area (Å²) in [6.45, 7) is 5.68. The van der Waals surface area contributed by atoms with Crippen LogP contribution in [0.15, 0.2) is 89.9 Å². The molecule has 0 heterocycles. The summed E-state index contributed by atoms with van der Waals surface area (Å²) in [6.07, 6.45) is 2.93. The molecule has 0 saturated carbocycles. The van der Waals surface area contributed by atoms with Crippen molar-refractivity contribution in [1.82, 2.24) is 0 Å². The molecule has 0 fully saturated rings. The summed E-state index contributed by atoms with van der Waals surface area (Å²) in [5.74, 6) is -0.230. The van der Waals surface area contributed by atoms with Crippen molar-refractivity contribution in [2.24, 2.45) is 0 Å². The molecule has 1 amide bonds. The maximum Gasteiger partial charge on any atom is 0.258 e. The standard InChI is InChI=1S/C22H22ClN3O2/c1-4-20(25-17-8-6-5-7-9-17)19(14-24)21(28-3)15(2)22(27)26-18-12-10-16(23)11-13-18/h4-14,24-25H,2H2,1,3H3,(H,26,27)/b20-4+,21-19+,24-14?. The Hall–Kier alpha value is -3.31. The van der Waals surface area contributed by atoms with Crippen LogP contribution in [0.3, 0.4) is 0 Å². The van der Waals surface area contributed by atoms with Crippen molar-refractivity contribution in [3.63, 3.8) is 0 Å². The highest BCUT2D eigenvalue weighted by Crippen LogP contribution is 2.23. The number of carbonyl (C=O) groups excluding carboxylic acids is 1. The lowest BCUT2D eigenvalue weighted by atomic mass is 10.1. The van der Waals surface area contributed by atoms with Gasteiger partial charge in [-0.25, -0.2) is 0 Å². The number of rotatable bonds is 8. The highest BCUT2D eigenvalue weighted by atomic mass is 35.5. The minimum Gasteiger partial charge on any atom is -0.495 e. The fourth-order valence-corrected chi connectivity index (χ4v) is 2.60. The van der Waals surface area contributed by atoms with Crippen molar-refractivity contribution in [3.8, 4) is 0 Å². The van der Waals surface area contributed by atoms with Crippen LogP contribution >= 0.6 is 11.6 Å². The zero-order chi connectivity index (χ0) is 20.5. The van der Waals surface area contributed by atoms with E-state index in [2.05, 4.69) is 17.2 Å². The van der Waals surface area contributed by atoms with Gasteiger partial charge in [0.2, 0.25) is 0 Å². The van der Waals surface area contributed by atoms with E-state index in [4.69, 9.17) is 21.7 Å². The first kappa shape index (κ1) is 21.0. The Balaban J connectivity index is 2.29. The summed E-state index contributed by atoms with van der Waals surface area (Å²) in [5.41, 5.74) is 2.56. The van der Waals surface area contributed by atoms with Crippen LogP contribution in [0.2, 0.25) is 5.02 Å². The molecule has 2 aromatic carbocycles. The first-order valence-electron chi connectivity index (χ1n) is 8.53. The Bertz CT molecular complexity index is 917. The van der Waals surface area contributed by atoms with E-state index in [0.717, 1.165) is 11.9 Å². The highest BCUT2D eigenvalue weighted by Gasteiger charge is 2.19. The molecule has 0 atom stereocenters. The summed E-state index contributed by atoms with van der Waals surface area (Å²) >= 11 is 5.87. The lowest BCUT2D eigenvalue weighted by molar-refractivity contribution is -0.112. The van der Waals surface area contributed by atoms with Gasteiger partial charge in [0, 0.05) is 28.3 Å². The molecule has 0 aliphatic carbocycles. The van der Waals surface area contributed by atoms with Crippen molar-refractivity contribution in [2.75, 3.05) is 17.7 Å². The lowest BCUT2D eigenvalue weighted by Gasteiger charge is -2.17. The second-order valence-electron chi connectivity index (χ2n) is 5.72. The number of hydrogen-bond acceptors (Lipinski definition) is 4. The number of nitrogens with one attached hydrogen (secondary N) is 3. The van der Waals surface area contributed by atoms with Gasteiger partial charge in [0.1, 0.15) is 5.76 Å². The van der Waals surface area contributed by atoms with Gasteiger partial charge in [0.05, 0.1) is 18.3 Å². The average molecular weight is 396 g/mol. The molecule has 0 radical (unpaired) electrons. The molecular formula is C22H22ClN3O2. The summed E-state index contributed by atoms with van der Waals surface area (Å²) in [7, 11) is 1.44. The van der Waals surface area contributed by atoms with E-state index < -0.39 is 5.91 Å². The van der Waals surface area contributed by atoms with E-state index >= 15 is 0 Å². The van der Waals surface area contributed by atoms with Gasteiger partial charge in [-0.15, -0.1) is 0 Å². The molecule has 6 heteroatoms. The second-order valence-corrected chi connectivity index (χ2v) is 6.16. The number of amides is 1. The Morgan fingerprint density at radius 1 is 1.07 bits per heavy atom. The zero-order valence-electron chi connectivity index (χ0n) is 15.8. The Morgan fingerprint density at radius 3 is 2.21 bits per heavy atom. The second kappa shape index (κ2) is 10.1. The predicted molar refractivity (Wildman–Crippen MR) is 116 cm³/mol. The normalized spacial score (nSPS) is 11.9. The van der Waals surface area contributed by atoms with Crippen molar-refractivity contribution in [3.05, 3.63) is 94.9 Å². The first-order chi connectivity index (χ1) is 13.5. The van der Waals surface area contributed by atoms with Gasteiger partial charge in [-0.3, -0.25) is 4.79 Å². The van der Waals surface area contributed by atoms with Crippen LogP contribution in [0, 0.1) is 5.41 Å². The van der Waals surface area contributed by atoms with E-state index in [0.29, 0.717) is 22.0 Å². The molecule has 0 aliphatic heterocycles. The summed E-state index contributed by atoms with van der Waals surface area (Å²) < 4.78 is 5.43. The van der Waals surface area contributed by atoms with E-state index in [9.17, 15) is 4.79 Å². The molecule has 0 aliphatic rings. The summed E-state index contributed by atoms with van der Waals surface area (Å²) in [6, 6.07) is 16.3.